The maximum atomic E-state index is 12.1. The summed E-state index contributed by atoms with van der Waals surface area (Å²) in [5, 5.41) is 3.19. The molecule has 3 rings (SSSR count). The molecule has 0 radical (unpaired) electrons. The molecule has 1 aromatic carbocycles. The van der Waals surface area contributed by atoms with E-state index in [0.717, 1.165) is 17.6 Å². The van der Waals surface area contributed by atoms with Crippen LogP contribution >= 0.6 is 0 Å². The van der Waals surface area contributed by atoms with Gasteiger partial charge in [0.15, 0.2) is 5.78 Å². The molecule has 2 fully saturated rings. The molecule has 2 aliphatic carbocycles. The summed E-state index contributed by atoms with van der Waals surface area (Å²) in [7, 11) is 0. The molecule has 0 heterocycles. The van der Waals surface area contributed by atoms with Gasteiger partial charge >= 0.3 is 0 Å². The lowest BCUT2D eigenvalue weighted by atomic mass is 9.84. The largest absolute Gasteiger partial charge is 0.494 e. The molecule has 2 saturated carbocycles. The Balaban J connectivity index is 1.33. The predicted octanol–water partition coefficient (Wildman–Crippen LogP) is 3.99. The molecule has 0 spiro atoms. The molecular weight excluding hydrogens is 314 g/mol. The maximum Gasteiger partial charge on any atom is 0.220 e. The van der Waals surface area contributed by atoms with E-state index in [0.29, 0.717) is 37.0 Å². The van der Waals surface area contributed by atoms with Crippen LogP contribution in [0.1, 0.15) is 62.7 Å². The second kappa shape index (κ2) is 8.03. The zero-order chi connectivity index (χ0) is 17.8. The summed E-state index contributed by atoms with van der Waals surface area (Å²) in [5.41, 5.74) is 0.682. The summed E-state index contributed by atoms with van der Waals surface area (Å²) in [4.78, 5) is 23.4. The van der Waals surface area contributed by atoms with Crippen LogP contribution in [0.4, 0.5) is 0 Å². The highest BCUT2D eigenvalue weighted by Crippen LogP contribution is 2.49. The van der Waals surface area contributed by atoms with Gasteiger partial charge in [-0.3, -0.25) is 9.59 Å². The van der Waals surface area contributed by atoms with Crippen LogP contribution in [0.3, 0.4) is 0 Å². The number of rotatable bonds is 8. The van der Waals surface area contributed by atoms with Gasteiger partial charge in [-0.15, -0.1) is 0 Å². The second-order valence-electron chi connectivity index (χ2n) is 7.73. The Labute approximate surface area is 150 Å². The van der Waals surface area contributed by atoms with E-state index in [9.17, 15) is 9.59 Å². The standard InChI is InChI=1S/C21H29NO3/c1-14(20-13-16-5-6-18(20)12-16)22-21(24)4-3-11-25-19-9-7-17(8-10-19)15(2)23/h7-10,14,16,18,20H,3-6,11-13H2,1-2H3,(H,22,24)/t14-,16-,18-,20+/m0/s1. The Morgan fingerprint density at radius 2 is 1.96 bits per heavy atom. The summed E-state index contributed by atoms with van der Waals surface area (Å²) in [6.45, 7) is 4.22. The topological polar surface area (TPSA) is 55.4 Å². The highest BCUT2D eigenvalue weighted by molar-refractivity contribution is 5.94. The molecule has 136 valence electrons. The third kappa shape index (κ3) is 4.62. The van der Waals surface area contributed by atoms with Crippen LogP contribution in [0.15, 0.2) is 24.3 Å². The molecule has 1 aromatic rings. The van der Waals surface area contributed by atoms with Gasteiger partial charge in [0.05, 0.1) is 6.61 Å². The molecule has 4 heteroatoms. The summed E-state index contributed by atoms with van der Waals surface area (Å²) in [6.07, 6.45) is 6.62. The number of ketones is 1. The van der Waals surface area contributed by atoms with Crippen molar-refractivity contribution in [1.29, 1.82) is 0 Å². The van der Waals surface area contributed by atoms with E-state index in [1.165, 1.54) is 25.7 Å². The number of carbonyl (C=O) groups excluding carboxylic acids is 2. The average molecular weight is 343 g/mol. The van der Waals surface area contributed by atoms with Gasteiger partial charge < -0.3 is 10.1 Å². The van der Waals surface area contributed by atoms with Gasteiger partial charge in [0, 0.05) is 18.0 Å². The van der Waals surface area contributed by atoms with E-state index in [1.807, 2.05) is 0 Å². The van der Waals surface area contributed by atoms with E-state index < -0.39 is 0 Å². The lowest BCUT2D eigenvalue weighted by molar-refractivity contribution is -0.122. The maximum absolute atomic E-state index is 12.1. The first kappa shape index (κ1) is 18.0. The summed E-state index contributed by atoms with van der Waals surface area (Å²) in [6, 6.07) is 7.42. The molecule has 4 atom stereocenters. The molecule has 1 amide bonds. The fourth-order valence-electron chi connectivity index (χ4n) is 4.55. The smallest absolute Gasteiger partial charge is 0.220 e. The van der Waals surface area contributed by atoms with Crippen molar-refractivity contribution in [2.24, 2.45) is 17.8 Å². The van der Waals surface area contributed by atoms with Crippen molar-refractivity contribution in [3.63, 3.8) is 0 Å². The zero-order valence-electron chi connectivity index (χ0n) is 15.3. The van der Waals surface area contributed by atoms with Crippen molar-refractivity contribution >= 4 is 11.7 Å². The van der Waals surface area contributed by atoms with Crippen LogP contribution in [0, 0.1) is 17.8 Å². The van der Waals surface area contributed by atoms with E-state index in [2.05, 4.69) is 12.2 Å². The normalized spacial score (nSPS) is 25.6. The van der Waals surface area contributed by atoms with Gasteiger partial charge in [-0.05, 0) is 81.5 Å². The molecule has 0 aromatic heterocycles. The lowest BCUT2D eigenvalue weighted by Crippen LogP contribution is -2.40. The fraction of sp³-hybridized carbons (Fsp3) is 0.619. The summed E-state index contributed by atoms with van der Waals surface area (Å²) >= 11 is 0. The molecule has 0 aliphatic heterocycles. The first-order chi connectivity index (χ1) is 12.0. The summed E-state index contributed by atoms with van der Waals surface area (Å²) < 4.78 is 5.64. The number of Topliss-reactive ketones (excluding diaryl/α,β-unsaturated/α-hetero) is 1. The van der Waals surface area contributed by atoms with Gasteiger partial charge in [-0.1, -0.05) is 6.42 Å². The Bertz CT molecular complexity index is 610. The van der Waals surface area contributed by atoms with Crippen molar-refractivity contribution in [3.8, 4) is 5.75 Å². The molecule has 25 heavy (non-hydrogen) atoms. The van der Waals surface area contributed by atoms with Crippen LogP contribution in [0.2, 0.25) is 0 Å². The molecule has 1 N–H and O–H groups in total. The van der Waals surface area contributed by atoms with Crippen LogP contribution < -0.4 is 10.1 Å². The van der Waals surface area contributed by atoms with Gasteiger partial charge in [-0.25, -0.2) is 0 Å². The van der Waals surface area contributed by atoms with Gasteiger partial charge in [0.25, 0.3) is 0 Å². The first-order valence-corrected chi connectivity index (χ1v) is 9.56. The second-order valence-corrected chi connectivity index (χ2v) is 7.73. The van der Waals surface area contributed by atoms with Crippen LogP contribution in [-0.2, 0) is 4.79 Å². The number of nitrogens with one attached hydrogen (secondary N) is 1. The van der Waals surface area contributed by atoms with E-state index in [-0.39, 0.29) is 11.7 Å². The molecular formula is C21H29NO3. The zero-order valence-corrected chi connectivity index (χ0v) is 15.3. The minimum Gasteiger partial charge on any atom is -0.494 e. The number of hydrogen-bond acceptors (Lipinski definition) is 3. The number of amides is 1. The monoisotopic (exact) mass is 343 g/mol. The Hall–Kier alpha value is -1.84. The van der Waals surface area contributed by atoms with Gasteiger partial charge in [0.1, 0.15) is 5.75 Å². The van der Waals surface area contributed by atoms with E-state index in [1.54, 1.807) is 31.2 Å². The third-order valence-electron chi connectivity index (χ3n) is 5.90. The number of ether oxygens (including phenoxy) is 1. The number of hydrogen-bond donors (Lipinski definition) is 1. The van der Waals surface area contributed by atoms with Crippen LogP contribution in [0.25, 0.3) is 0 Å². The predicted molar refractivity (Wildman–Crippen MR) is 97.7 cm³/mol. The van der Waals surface area contributed by atoms with Crippen LogP contribution in [0.5, 0.6) is 5.75 Å². The number of fused-ring (bicyclic) bond motifs is 2. The molecule has 4 nitrogen and oxygen atoms in total. The Morgan fingerprint density at radius 3 is 2.56 bits per heavy atom. The van der Waals surface area contributed by atoms with E-state index >= 15 is 0 Å². The minimum absolute atomic E-state index is 0.0489. The van der Waals surface area contributed by atoms with Crippen molar-refractivity contribution in [1.82, 2.24) is 5.32 Å². The molecule has 2 bridgehead atoms. The minimum atomic E-state index is 0.0489. The SMILES string of the molecule is CC(=O)c1ccc(OCCCC(=O)N[C@@H](C)[C@H]2C[C@H]3CC[C@H]2C3)cc1. The first-order valence-electron chi connectivity index (χ1n) is 9.56. The fourth-order valence-corrected chi connectivity index (χ4v) is 4.55. The van der Waals surface area contributed by atoms with Crippen molar-refractivity contribution < 1.29 is 14.3 Å². The lowest BCUT2D eigenvalue weighted by Gasteiger charge is -2.28. The molecule has 0 unspecified atom stereocenters. The molecule has 2 aliphatic rings. The Morgan fingerprint density at radius 1 is 1.20 bits per heavy atom. The number of benzene rings is 1. The number of carbonyl (C=O) groups is 2. The quantitative estimate of drug-likeness (QED) is 0.573. The highest BCUT2D eigenvalue weighted by atomic mass is 16.5. The van der Waals surface area contributed by atoms with Crippen molar-refractivity contribution in [2.45, 2.75) is 58.4 Å². The molecule has 0 saturated heterocycles. The Kier molecular flexibility index (Phi) is 5.77. The highest BCUT2D eigenvalue weighted by Gasteiger charge is 2.41. The van der Waals surface area contributed by atoms with Crippen molar-refractivity contribution in [2.75, 3.05) is 6.61 Å². The van der Waals surface area contributed by atoms with Crippen LogP contribution in [-0.4, -0.2) is 24.3 Å². The third-order valence-corrected chi connectivity index (χ3v) is 5.90. The van der Waals surface area contributed by atoms with Gasteiger partial charge in [-0.2, -0.15) is 0 Å². The summed E-state index contributed by atoms with van der Waals surface area (Å²) in [5.74, 6) is 3.34. The van der Waals surface area contributed by atoms with Gasteiger partial charge in [0.2, 0.25) is 5.91 Å². The van der Waals surface area contributed by atoms with E-state index in [4.69, 9.17) is 4.74 Å². The average Bonchev–Trinajstić information content (AvgIpc) is 3.22. The van der Waals surface area contributed by atoms with Crippen molar-refractivity contribution in [3.05, 3.63) is 29.8 Å².